The monoisotopic (exact) mass is 214 g/mol. The fourth-order valence-corrected chi connectivity index (χ4v) is 2.77. The second-order valence-electron chi connectivity index (χ2n) is 4.44. The van der Waals surface area contributed by atoms with E-state index in [2.05, 4.69) is 18.8 Å². The van der Waals surface area contributed by atoms with E-state index < -0.39 is 0 Å². The number of amidine groups is 1. The van der Waals surface area contributed by atoms with Crippen molar-refractivity contribution in [3.05, 3.63) is 0 Å². The summed E-state index contributed by atoms with van der Waals surface area (Å²) in [7, 11) is 0. The van der Waals surface area contributed by atoms with Gasteiger partial charge in [-0.25, -0.2) is 0 Å². The van der Waals surface area contributed by atoms with Gasteiger partial charge in [-0.2, -0.15) is 11.8 Å². The van der Waals surface area contributed by atoms with E-state index in [1.165, 1.54) is 25.7 Å². The Morgan fingerprint density at radius 2 is 2.07 bits per heavy atom. The smallest absolute Gasteiger partial charge is 0.104 e. The van der Waals surface area contributed by atoms with Gasteiger partial charge in [-0.1, -0.05) is 26.7 Å². The zero-order chi connectivity index (χ0) is 10.4. The minimum absolute atomic E-state index is 0.616. The Labute approximate surface area is 91.7 Å². The Morgan fingerprint density at radius 3 is 2.64 bits per heavy atom. The molecule has 1 aliphatic carbocycles. The molecule has 0 spiro atoms. The molecule has 0 heterocycles. The first-order chi connectivity index (χ1) is 6.68. The standard InChI is InChI=1S/C11H22N2S/c1-9(2)7-13-11(12)8-14-10-5-3-4-6-10/h9-10H,3-8H2,1-2H3,(H2,12,13). The first kappa shape index (κ1) is 11.9. The van der Waals surface area contributed by atoms with E-state index in [1.807, 2.05) is 11.8 Å². The van der Waals surface area contributed by atoms with E-state index in [1.54, 1.807) is 0 Å². The Morgan fingerprint density at radius 1 is 1.43 bits per heavy atom. The topological polar surface area (TPSA) is 38.4 Å². The molecule has 1 rings (SSSR count). The molecule has 0 aromatic heterocycles. The molecule has 1 fully saturated rings. The SMILES string of the molecule is CC(C)CN=C(N)CSC1CCCC1. The molecule has 0 aliphatic heterocycles. The quantitative estimate of drug-likeness (QED) is 0.564. The highest BCUT2D eigenvalue weighted by atomic mass is 32.2. The van der Waals surface area contributed by atoms with E-state index in [9.17, 15) is 0 Å². The van der Waals surface area contributed by atoms with Gasteiger partial charge in [-0.15, -0.1) is 0 Å². The van der Waals surface area contributed by atoms with Crippen molar-refractivity contribution in [2.24, 2.45) is 16.6 Å². The summed E-state index contributed by atoms with van der Waals surface area (Å²) in [5.74, 6) is 2.37. The van der Waals surface area contributed by atoms with E-state index in [0.29, 0.717) is 5.92 Å². The third-order valence-corrected chi connectivity index (χ3v) is 3.83. The maximum Gasteiger partial charge on any atom is 0.104 e. The lowest BCUT2D eigenvalue weighted by atomic mass is 10.2. The van der Waals surface area contributed by atoms with Crippen molar-refractivity contribution in [1.29, 1.82) is 0 Å². The van der Waals surface area contributed by atoms with Crippen LogP contribution in [0.5, 0.6) is 0 Å². The molecule has 0 radical (unpaired) electrons. The van der Waals surface area contributed by atoms with Crippen molar-refractivity contribution in [1.82, 2.24) is 0 Å². The number of nitrogens with zero attached hydrogens (tertiary/aromatic N) is 1. The van der Waals surface area contributed by atoms with Crippen LogP contribution in [0, 0.1) is 5.92 Å². The van der Waals surface area contributed by atoms with E-state index in [4.69, 9.17) is 5.73 Å². The molecule has 14 heavy (non-hydrogen) atoms. The van der Waals surface area contributed by atoms with Crippen molar-refractivity contribution >= 4 is 17.6 Å². The lowest BCUT2D eigenvalue weighted by molar-refractivity contribution is 0.665. The van der Waals surface area contributed by atoms with Crippen LogP contribution < -0.4 is 5.73 Å². The van der Waals surface area contributed by atoms with E-state index in [-0.39, 0.29) is 0 Å². The van der Waals surface area contributed by atoms with Gasteiger partial charge in [-0.05, 0) is 18.8 Å². The van der Waals surface area contributed by atoms with E-state index >= 15 is 0 Å². The number of thioether (sulfide) groups is 1. The summed E-state index contributed by atoms with van der Waals surface area (Å²) in [6.45, 7) is 5.21. The van der Waals surface area contributed by atoms with Gasteiger partial charge in [0.05, 0.1) is 5.75 Å². The number of hydrogen-bond acceptors (Lipinski definition) is 2. The summed E-state index contributed by atoms with van der Waals surface area (Å²) in [5.41, 5.74) is 5.83. The van der Waals surface area contributed by atoms with Gasteiger partial charge in [0.15, 0.2) is 0 Å². The first-order valence-electron chi connectivity index (χ1n) is 5.59. The molecule has 82 valence electrons. The summed E-state index contributed by atoms with van der Waals surface area (Å²) >= 11 is 1.99. The molecule has 0 atom stereocenters. The van der Waals surface area contributed by atoms with Gasteiger partial charge in [0.2, 0.25) is 0 Å². The molecule has 0 bridgehead atoms. The molecule has 0 amide bonds. The summed E-state index contributed by atoms with van der Waals surface area (Å²) < 4.78 is 0. The highest BCUT2D eigenvalue weighted by molar-refractivity contribution is 8.00. The molecular formula is C11H22N2S. The Balaban J connectivity index is 2.12. The first-order valence-corrected chi connectivity index (χ1v) is 6.63. The lowest BCUT2D eigenvalue weighted by Crippen LogP contribution is -2.17. The van der Waals surface area contributed by atoms with Crippen molar-refractivity contribution in [3.8, 4) is 0 Å². The highest BCUT2D eigenvalue weighted by Crippen LogP contribution is 2.28. The average Bonchev–Trinajstić information content (AvgIpc) is 2.63. The highest BCUT2D eigenvalue weighted by Gasteiger charge is 2.15. The second-order valence-corrected chi connectivity index (χ2v) is 5.73. The molecular weight excluding hydrogens is 192 g/mol. The third-order valence-electron chi connectivity index (χ3n) is 2.43. The molecule has 1 saturated carbocycles. The number of nitrogens with two attached hydrogens (primary N) is 1. The molecule has 0 aromatic carbocycles. The van der Waals surface area contributed by atoms with Gasteiger partial charge in [0, 0.05) is 11.8 Å². The molecule has 0 saturated heterocycles. The summed E-state index contributed by atoms with van der Waals surface area (Å²) in [6.07, 6.45) is 5.56. The zero-order valence-corrected chi connectivity index (χ0v) is 10.1. The average molecular weight is 214 g/mol. The van der Waals surface area contributed by atoms with Crippen LogP contribution in [0.2, 0.25) is 0 Å². The van der Waals surface area contributed by atoms with Crippen molar-refractivity contribution in [2.75, 3.05) is 12.3 Å². The second kappa shape index (κ2) is 6.33. The summed E-state index contributed by atoms with van der Waals surface area (Å²) in [4.78, 5) is 4.36. The summed E-state index contributed by atoms with van der Waals surface area (Å²) in [6, 6.07) is 0. The Kier molecular flexibility index (Phi) is 5.38. The fourth-order valence-electron chi connectivity index (χ4n) is 1.60. The van der Waals surface area contributed by atoms with Crippen LogP contribution in [-0.2, 0) is 0 Å². The normalized spacial score (nSPS) is 19.5. The zero-order valence-electron chi connectivity index (χ0n) is 9.33. The number of hydrogen-bond donors (Lipinski definition) is 1. The van der Waals surface area contributed by atoms with Crippen molar-refractivity contribution in [2.45, 2.75) is 44.8 Å². The predicted octanol–water partition coefficient (Wildman–Crippen LogP) is 2.68. The number of rotatable bonds is 5. The van der Waals surface area contributed by atoms with Crippen LogP contribution in [0.1, 0.15) is 39.5 Å². The third kappa shape index (κ3) is 4.89. The van der Waals surface area contributed by atoms with E-state index in [0.717, 1.165) is 23.4 Å². The molecule has 3 heteroatoms. The largest absolute Gasteiger partial charge is 0.387 e. The maximum atomic E-state index is 5.83. The van der Waals surface area contributed by atoms with Gasteiger partial charge < -0.3 is 5.73 Å². The summed E-state index contributed by atoms with van der Waals surface area (Å²) in [5, 5.41) is 0.850. The van der Waals surface area contributed by atoms with Crippen LogP contribution in [0.15, 0.2) is 4.99 Å². The van der Waals surface area contributed by atoms with Crippen LogP contribution >= 0.6 is 11.8 Å². The minimum Gasteiger partial charge on any atom is -0.387 e. The lowest BCUT2D eigenvalue weighted by Gasteiger charge is -2.08. The maximum absolute atomic E-state index is 5.83. The minimum atomic E-state index is 0.616. The molecule has 0 unspecified atom stereocenters. The van der Waals surface area contributed by atoms with Crippen LogP contribution in [-0.4, -0.2) is 23.4 Å². The van der Waals surface area contributed by atoms with Gasteiger partial charge >= 0.3 is 0 Å². The Hall–Kier alpha value is -0.180. The Bertz CT molecular complexity index is 184. The fraction of sp³-hybridized carbons (Fsp3) is 0.909. The van der Waals surface area contributed by atoms with Crippen molar-refractivity contribution < 1.29 is 0 Å². The van der Waals surface area contributed by atoms with Crippen LogP contribution in [0.3, 0.4) is 0 Å². The predicted molar refractivity (Wildman–Crippen MR) is 66.0 cm³/mol. The van der Waals surface area contributed by atoms with Gasteiger partial charge in [-0.3, -0.25) is 4.99 Å². The molecule has 2 nitrogen and oxygen atoms in total. The number of aliphatic imine (C=N–C) groups is 1. The van der Waals surface area contributed by atoms with Crippen LogP contribution in [0.4, 0.5) is 0 Å². The molecule has 1 aliphatic rings. The van der Waals surface area contributed by atoms with Gasteiger partial charge in [0.25, 0.3) is 0 Å². The van der Waals surface area contributed by atoms with Crippen molar-refractivity contribution in [3.63, 3.8) is 0 Å². The van der Waals surface area contributed by atoms with Crippen LogP contribution in [0.25, 0.3) is 0 Å². The molecule has 2 N–H and O–H groups in total. The molecule has 0 aromatic rings. The van der Waals surface area contributed by atoms with Gasteiger partial charge in [0.1, 0.15) is 5.84 Å².